The first-order chi connectivity index (χ1) is 13.2. The van der Waals surface area contributed by atoms with E-state index >= 15 is 0 Å². The second kappa shape index (κ2) is 8.05. The smallest absolute Gasteiger partial charge is 0.319 e. The molecule has 2 amide bonds. The minimum atomic E-state index is -0.127. The predicted octanol–water partition coefficient (Wildman–Crippen LogP) is 2.58. The number of ether oxygens (including phenoxy) is 1. The number of piperidine rings is 1. The molecule has 2 aromatic rings. The van der Waals surface area contributed by atoms with Gasteiger partial charge < -0.3 is 24.7 Å². The second-order valence-corrected chi connectivity index (χ2v) is 7.53. The van der Waals surface area contributed by atoms with Gasteiger partial charge in [0, 0.05) is 37.4 Å². The van der Waals surface area contributed by atoms with E-state index in [9.17, 15) is 4.79 Å². The number of urea groups is 1. The van der Waals surface area contributed by atoms with Gasteiger partial charge in [0.1, 0.15) is 12.3 Å². The highest BCUT2D eigenvalue weighted by molar-refractivity contribution is 5.89. The molecule has 1 aromatic carbocycles. The summed E-state index contributed by atoms with van der Waals surface area (Å²) in [6, 6.07) is 12.8. The molecular formula is C21H28N3O3+. The van der Waals surface area contributed by atoms with Gasteiger partial charge in [0.2, 0.25) is 0 Å². The summed E-state index contributed by atoms with van der Waals surface area (Å²) in [6.07, 6.45) is 6.28. The van der Waals surface area contributed by atoms with Crippen molar-refractivity contribution >= 4 is 11.7 Å². The molecule has 2 fully saturated rings. The van der Waals surface area contributed by atoms with E-state index in [-0.39, 0.29) is 12.1 Å². The number of quaternary nitrogens is 1. The Morgan fingerprint density at radius 2 is 1.93 bits per heavy atom. The van der Waals surface area contributed by atoms with Gasteiger partial charge in [-0.2, -0.15) is 0 Å². The van der Waals surface area contributed by atoms with Crippen LogP contribution in [-0.2, 0) is 6.54 Å². The fourth-order valence-electron chi connectivity index (χ4n) is 4.60. The van der Waals surface area contributed by atoms with E-state index in [4.69, 9.17) is 9.15 Å². The minimum absolute atomic E-state index is 0.127. The Bertz CT molecular complexity index is 731. The number of fused-ring (bicyclic) bond motifs is 2. The number of carbonyl (C=O) groups is 1. The van der Waals surface area contributed by atoms with Gasteiger partial charge in [-0.05, 0) is 43.3 Å². The van der Waals surface area contributed by atoms with E-state index in [1.54, 1.807) is 11.2 Å². The lowest BCUT2D eigenvalue weighted by molar-refractivity contribution is -0.955. The topological polar surface area (TPSA) is 67.9 Å². The molecular weight excluding hydrogens is 342 g/mol. The summed E-state index contributed by atoms with van der Waals surface area (Å²) < 4.78 is 11.0. The summed E-state index contributed by atoms with van der Waals surface area (Å²) in [5, 5.41) is 6.10. The predicted molar refractivity (Wildman–Crippen MR) is 103 cm³/mol. The maximum atomic E-state index is 12.4. The molecule has 27 heavy (non-hydrogen) atoms. The molecule has 144 valence electrons. The third kappa shape index (κ3) is 4.27. The van der Waals surface area contributed by atoms with Gasteiger partial charge in [-0.15, -0.1) is 0 Å². The van der Waals surface area contributed by atoms with E-state index in [0.717, 1.165) is 36.6 Å². The minimum Gasteiger partial charge on any atom is -0.494 e. The maximum Gasteiger partial charge on any atom is 0.319 e. The molecule has 0 saturated carbocycles. The van der Waals surface area contributed by atoms with Crippen molar-refractivity contribution in [3.8, 4) is 5.75 Å². The van der Waals surface area contributed by atoms with Crippen LogP contribution in [0.3, 0.4) is 0 Å². The summed E-state index contributed by atoms with van der Waals surface area (Å²) >= 11 is 0. The van der Waals surface area contributed by atoms with Crippen molar-refractivity contribution in [2.24, 2.45) is 0 Å². The number of amides is 2. The molecule has 0 radical (unpaired) electrons. The summed E-state index contributed by atoms with van der Waals surface area (Å²) in [7, 11) is 0. The number of benzene rings is 1. The molecule has 4 rings (SSSR count). The standard InChI is InChI=1S/C21H27N3O3/c1-2-26-19-9-5-15(6-10-19)22-21(25)23-16-12-17-7-8-18(13-16)24(17)14-20-4-3-11-27-20/h3-6,9-11,16-18H,2,7-8,12-14H2,1H3,(H2,22,23,25)/p+1/t16?,17-,18+. The van der Waals surface area contributed by atoms with Crippen molar-refractivity contribution in [1.82, 2.24) is 5.32 Å². The molecule has 2 unspecified atom stereocenters. The van der Waals surface area contributed by atoms with Crippen LogP contribution >= 0.6 is 0 Å². The highest BCUT2D eigenvalue weighted by Crippen LogP contribution is 2.24. The Morgan fingerprint density at radius 1 is 1.19 bits per heavy atom. The SMILES string of the molecule is CCOc1ccc(NC(=O)NC2C[C@H]3CC[C@@H](C2)[NH+]3Cc2ccco2)cc1. The molecule has 6 heteroatoms. The van der Waals surface area contributed by atoms with Crippen LogP contribution in [0.4, 0.5) is 10.5 Å². The summed E-state index contributed by atoms with van der Waals surface area (Å²) in [6.45, 7) is 3.54. The molecule has 0 aliphatic carbocycles. The first kappa shape index (κ1) is 17.9. The van der Waals surface area contributed by atoms with Crippen molar-refractivity contribution in [3.05, 3.63) is 48.4 Å². The molecule has 4 atom stereocenters. The van der Waals surface area contributed by atoms with Crippen LogP contribution < -0.4 is 20.3 Å². The van der Waals surface area contributed by atoms with Crippen LogP contribution in [0.25, 0.3) is 0 Å². The molecule has 1 aromatic heterocycles. The molecule has 6 nitrogen and oxygen atoms in total. The summed E-state index contributed by atoms with van der Waals surface area (Å²) in [5.74, 6) is 1.87. The summed E-state index contributed by atoms with van der Waals surface area (Å²) in [5.41, 5.74) is 0.778. The number of hydrogen-bond donors (Lipinski definition) is 3. The van der Waals surface area contributed by atoms with Gasteiger partial charge in [-0.25, -0.2) is 4.79 Å². The number of nitrogens with one attached hydrogen (secondary N) is 3. The number of rotatable bonds is 6. The molecule has 0 spiro atoms. The van der Waals surface area contributed by atoms with Gasteiger partial charge in [-0.3, -0.25) is 0 Å². The molecule has 2 saturated heterocycles. The van der Waals surface area contributed by atoms with Crippen LogP contribution in [0.5, 0.6) is 5.75 Å². The Morgan fingerprint density at radius 3 is 2.56 bits per heavy atom. The highest BCUT2D eigenvalue weighted by Gasteiger charge is 2.45. The first-order valence-corrected chi connectivity index (χ1v) is 9.89. The number of carbonyl (C=O) groups excluding carboxylic acids is 1. The van der Waals surface area contributed by atoms with Gasteiger partial charge in [0.15, 0.2) is 5.76 Å². The lowest BCUT2D eigenvalue weighted by Gasteiger charge is -2.35. The zero-order valence-corrected chi connectivity index (χ0v) is 15.7. The van der Waals surface area contributed by atoms with E-state index in [2.05, 4.69) is 16.7 Å². The lowest BCUT2D eigenvalue weighted by atomic mass is 9.97. The van der Waals surface area contributed by atoms with Crippen LogP contribution in [0, 0.1) is 0 Å². The zero-order chi connectivity index (χ0) is 18.6. The normalized spacial score (nSPS) is 26.6. The fourth-order valence-corrected chi connectivity index (χ4v) is 4.60. The average Bonchev–Trinajstić information content (AvgIpc) is 3.24. The Kier molecular flexibility index (Phi) is 5.34. The second-order valence-electron chi connectivity index (χ2n) is 7.53. The first-order valence-electron chi connectivity index (χ1n) is 9.89. The molecule has 2 aliphatic rings. The summed E-state index contributed by atoms with van der Waals surface area (Å²) in [4.78, 5) is 14.0. The van der Waals surface area contributed by atoms with Crippen LogP contribution in [-0.4, -0.2) is 30.8 Å². The molecule has 3 heterocycles. The van der Waals surface area contributed by atoms with Crippen molar-refractivity contribution in [2.45, 2.75) is 57.3 Å². The molecule has 2 aliphatic heterocycles. The van der Waals surface area contributed by atoms with Gasteiger partial charge in [0.25, 0.3) is 0 Å². The third-order valence-electron chi connectivity index (χ3n) is 5.77. The third-order valence-corrected chi connectivity index (χ3v) is 5.77. The van der Waals surface area contributed by atoms with E-state index in [1.807, 2.05) is 37.3 Å². The zero-order valence-electron chi connectivity index (χ0n) is 15.7. The van der Waals surface area contributed by atoms with Crippen LogP contribution in [0.2, 0.25) is 0 Å². The number of furan rings is 1. The van der Waals surface area contributed by atoms with Crippen molar-refractivity contribution < 1.29 is 18.8 Å². The Balaban J connectivity index is 1.28. The van der Waals surface area contributed by atoms with E-state index in [1.165, 1.54) is 12.8 Å². The van der Waals surface area contributed by atoms with E-state index in [0.29, 0.717) is 18.7 Å². The van der Waals surface area contributed by atoms with Crippen molar-refractivity contribution in [2.75, 3.05) is 11.9 Å². The van der Waals surface area contributed by atoms with E-state index < -0.39 is 0 Å². The van der Waals surface area contributed by atoms with Gasteiger partial charge in [0.05, 0.1) is 25.0 Å². The Hall–Kier alpha value is -2.47. The highest BCUT2D eigenvalue weighted by atomic mass is 16.5. The number of anilines is 1. The largest absolute Gasteiger partial charge is 0.494 e. The Labute approximate surface area is 159 Å². The molecule has 2 bridgehead atoms. The van der Waals surface area contributed by atoms with Crippen molar-refractivity contribution in [1.29, 1.82) is 0 Å². The van der Waals surface area contributed by atoms with Crippen LogP contribution in [0.15, 0.2) is 47.1 Å². The number of hydrogen-bond acceptors (Lipinski definition) is 3. The monoisotopic (exact) mass is 370 g/mol. The lowest BCUT2D eigenvalue weighted by Crippen LogP contribution is -3.17. The van der Waals surface area contributed by atoms with Crippen molar-refractivity contribution in [3.63, 3.8) is 0 Å². The average molecular weight is 370 g/mol. The maximum absolute atomic E-state index is 12.4. The van der Waals surface area contributed by atoms with Gasteiger partial charge >= 0.3 is 6.03 Å². The fraction of sp³-hybridized carbons (Fsp3) is 0.476. The quantitative estimate of drug-likeness (QED) is 0.732. The van der Waals surface area contributed by atoms with Crippen LogP contribution in [0.1, 0.15) is 38.4 Å². The van der Waals surface area contributed by atoms with Gasteiger partial charge in [-0.1, -0.05) is 0 Å². The molecule has 3 N–H and O–H groups in total.